The van der Waals surface area contributed by atoms with Gasteiger partial charge in [0.1, 0.15) is 18.0 Å². The summed E-state index contributed by atoms with van der Waals surface area (Å²) in [7, 11) is 0. The summed E-state index contributed by atoms with van der Waals surface area (Å²) in [6.07, 6.45) is 3.23. The number of benzene rings is 2. The van der Waals surface area contributed by atoms with Crippen LogP contribution in [0.1, 0.15) is 13.4 Å². The number of piperidine rings is 1. The third-order valence-corrected chi connectivity index (χ3v) is 5.05. The molecule has 146 valence electrons. The van der Waals surface area contributed by atoms with Crippen molar-refractivity contribution in [2.24, 2.45) is 0 Å². The third-order valence-electron chi connectivity index (χ3n) is 5.05. The lowest BCUT2D eigenvalue weighted by molar-refractivity contribution is -0.133. The van der Waals surface area contributed by atoms with Crippen molar-refractivity contribution in [2.75, 3.05) is 23.3 Å². The van der Waals surface area contributed by atoms with Crippen LogP contribution in [-0.4, -0.2) is 40.1 Å². The summed E-state index contributed by atoms with van der Waals surface area (Å²) in [4.78, 5) is 6.54. The number of morpholine rings is 1. The van der Waals surface area contributed by atoms with E-state index in [-0.39, 0.29) is 7.11 Å². The summed E-state index contributed by atoms with van der Waals surface area (Å²) < 4.78 is 33.9. The van der Waals surface area contributed by atoms with Gasteiger partial charge in [-0.3, -0.25) is 0 Å². The van der Waals surface area contributed by atoms with Crippen molar-refractivity contribution in [3.63, 3.8) is 0 Å². The van der Waals surface area contributed by atoms with Gasteiger partial charge in [-0.2, -0.15) is 4.98 Å². The number of anilines is 3. The Labute approximate surface area is 162 Å². The molecule has 2 bridgehead atoms. The van der Waals surface area contributed by atoms with E-state index in [1.54, 1.807) is 0 Å². The van der Waals surface area contributed by atoms with E-state index in [1.807, 2.05) is 13.0 Å². The molecule has 2 aromatic carbocycles. The maximum atomic E-state index is 13.4. The van der Waals surface area contributed by atoms with Gasteiger partial charge < -0.3 is 15.0 Å². The van der Waals surface area contributed by atoms with Gasteiger partial charge in [-0.05, 0) is 42.8 Å². The fourth-order valence-corrected chi connectivity index (χ4v) is 3.83. The summed E-state index contributed by atoms with van der Waals surface area (Å²) >= 11 is 0. The Bertz CT molecular complexity index is 1010. The zero-order chi connectivity index (χ0) is 19.3. The van der Waals surface area contributed by atoms with Gasteiger partial charge in [0.2, 0.25) is 5.95 Å². The fraction of sp³-hybridized carbons (Fsp3) is 0.300. The molecular formula is C20H21F2N5O. The number of fused-ring (bicyclic) bond motifs is 2. The number of nitrogens with one attached hydrogen (secondary N) is 1. The van der Waals surface area contributed by atoms with Crippen LogP contribution in [-0.2, 0) is 4.74 Å². The van der Waals surface area contributed by atoms with Crippen LogP contribution >= 0.6 is 0 Å². The molecule has 2 atom stereocenters. The molecule has 1 aromatic heterocycles. The standard InChI is InChI=1S/C20H19F2N5O.H2/c1-12-2-15(7-16(3-12)26-9-18-8-19(10-26)28-18)24-20-23-11-27(25-20)17-5-13(21)4-14(22)6-17;/h2-7,11,18-19H,8-10H2,1H3,(H,24,25);1H. The van der Waals surface area contributed by atoms with E-state index in [1.165, 1.54) is 23.1 Å². The minimum atomic E-state index is -0.660. The predicted octanol–water partition coefficient (Wildman–Crippen LogP) is 3.82. The highest BCUT2D eigenvalue weighted by molar-refractivity contribution is 5.64. The molecule has 2 unspecified atom stereocenters. The Morgan fingerprint density at radius 1 is 1.04 bits per heavy atom. The first-order valence-corrected chi connectivity index (χ1v) is 9.19. The molecule has 3 aliphatic rings. The Morgan fingerprint density at radius 2 is 1.75 bits per heavy atom. The van der Waals surface area contributed by atoms with Crippen molar-refractivity contribution >= 4 is 17.3 Å². The first-order valence-electron chi connectivity index (χ1n) is 9.19. The summed E-state index contributed by atoms with van der Waals surface area (Å²) in [5.41, 5.74) is 3.38. The van der Waals surface area contributed by atoms with E-state index < -0.39 is 11.6 Å². The number of hydrogen-bond donors (Lipinski definition) is 1. The number of aryl methyl sites for hydroxylation is 1. The van der Waals surface area contributed by atoms with E-state index in [0.717, 1.165) is 42.5 Å². The predicted molar refractivity (Wildman–Crippen MR) is 103 cm³/mol. The molecule has 3 aromatic rings. The minimum Gasteiger partial charge on any atom is -0.371 e. The van der Waals surface area contributed by atoms with Gasteiger partial charge in [-0.1, -0.05) is 0 Å². The van der Waals surface area contributed by atoms with Crippen molar-refractivity contribution < 1.29 is 14.9 Å². The van der Waals surface area contributed by atoms with Crippen molar-refractivity contribution in [3.05, 3.63) is 59.9 Å². The Kier molecular flexibility index (Phi) is 4.01. The van der Waals surface area contributed by atoms with Crippen LogP contribution in [0.2, 0.25) is 0 Å². The number of aromatic nitrogens is 3. The van der Waals surface area contributed by atoms with Crippen LogP contribution in [0.3, 0.4) is 0 Å². The van der Waals surface area contributed by atoms with Crippen LogP contribution in [0.25, 0.3) is 5.69 Å². The highest BCUT2D eigenvalue weighted by Crippen LogP contribution is 2.33. The van der Waals surface area contributed by atoms with Gasteiger partial charge in [0, 0.05) is 38.4 Å². The average molecular weight is 385 g/mol. The lowest BCUT2D eigenvalue weighted by Crippen LogP contribution is -2.57. The maximum absolute atomic E-state index is 13.4. The zero-order valence-corrected chi connectivity index (χ0v) is 15.3. The molecule has 0 radical (unpaired) electrons. The molecule has 28 heavy (non-hydrogen) atoms. The van der Waals surface area contributed by atoms with Crippen molar-refractivity contribution in [1.29, 1.82) is 0 Å². The Morgan fingerprint density at radius 3 is 2.46 bits per heavy atom. The second-order valence-corrected chi connectivity index (χ2v) is 7.34. The number of nitrogens with zero attached hydrogens (tertiary/aromatic N) is 4. The monoisotopic (exact) mass is 385 g/mol. The molecule has 0 amide bonds. The van der Waals surface area contributed by atoms with Gasteiger partial charge >= 0.3 is 0 Å². The normalized spacial score (nSPS) is 20.8. The van der Waals surface area contributed by atoms with Gasteiger partial charge in [0.05, 0.1) is 17.9 Å². The highest BCUT2D eigenvalue weighted by atomic mass is 19.1. The van der Waals surface area contributed by atoms with Gasteiger partial charge in [-0.15, -0.1) is 5.10 Å². The topological polar surface area (TPSA) is 55.2 Å². The van der Waals surface area contributed by atoms with Gasteiger partial charge in [0.25, 0.3) is 0 Å². The lowest BCUT2D eigenvalue weighted by atomic mass is 9.98. The maximum Gasteiger partial charge on any atom is 0.246 e. The van der Waals surface area contributed by atoms with Crippen LogP contribution in [0.15, 0.2) is 42.7 Å². The van der Waals surface area contributed by atoms with Crippen molar-refractivity contribution in [3.8, 4) is 5.69 Å². The first kappa shape index (κ1) is 17.1. The van der Waals surface area contributed by atoms with Gasteiger partial charge in [-0.25, -0.2) is 13.5 Å². The molecule has 1 N–H and O–H groups in total. The van der Waals surface area contributed by atoms with Crippen molar-refractivity contribution in [2.45, 2.75) is 25.6 Å². The van der Waals surface area contributed by atoms with Crippen LogP contribution < -0.4 is 10.2 Å². The molecule has 3 aliphatic heterocycles. The van der Waals surface area contributed by atoms with E-state index in [0.29, 0.717) is 18.2 Å². The number of ether oxygens (including phenoxy) is 1. The number of hydrogen-bond acceptors (Lipinski definition) is 5. The molecule has 3 fully saturated rings. The van der Waals surface area contributed by atoms with Crippen LogP contribution in [0, 0.1) is 18.6 Å². The lowest BCUT2D eigenvalue weighted by Gasteiger charge is -2.48. The molecule has 0 saturated carbocycles. The number of halogens is 2. The quantitative estimate of drug-likeness (QED) is 0.740. The minimum absolute atomic E-state index is 0. The third kappa shape index (κ3) is 3.31. The highest BCUT2D eigenvalue weighted by Gasteiger charge is 2.38. The fourth-order valence-electron chi connectivity index (χ4n) is 3.83. The smallest absolute Gasteiger partial charge is 0.246 e. The first-order chi connectivity index (χ1) is 13.5. The molecule has 3 saturated heterocycles. The number of rotatable bonds is 4. The van der Waals surface area contributed by atoms with Crippen molar-refractivity contribution in [1.82, 2.24) is 14.8 Å². The molecule has 6 rings (SSSR count). The Hall–Kier alpha value is -3.00. The average Bonchev–Trinajstić information content (AvgIpc) is 3.08. The second-order valence-electron chi connectivity index (χ2n) is 7.34. The SMILES string of the molecule is Cc1cc(Nc2ncn(-c3cc(F)cc(F)c3)n2)cc(N2CC3CC(C2)O3)c1.[HH]. The van der Waals surface area contributed by atoms with E-state index >= 15 is 0 Å². The summed E-state index contributed by atoms with van der Waals surface area (Å²) in [5, 5.41) is 7.45. The molecule has 8 heteroatoms. The summed E-state index contributed by atoms with van der Waals surface area (Å²) in [5.74, 6) is -0.968. The largest absolute Gasteiger partial charge is 0.371 e. The van der Waals surface area contributed by atoms with Gasteiger partial charge in [0.15, 0.2) is 0 Å². The molecule has 0 spiro atoms. The molecule has 0 aliphatic carbocycles. The zero-order valence-electron chi connectivity index (χ0n) is 15.3. The van der Waals surface area contributed by atoms with Crippen LogP contribution in [0.4, 0.5) is 26.1 Å². The molecular weight excluding hydrogens is 364 g/mol. The summed E-state index contributed by atoms with van der Waals surface area (Å²) in [6, 6.07) is 9.45. The van der Waals surface area contributed by atoms with E-state index in [9.17, 15) is 8.78 Å². The second kappa shape index (κ2) is 6.56. The van der Waals surface area contributed by atoms with E-state index in [4.69, 9.17) is 4.74 Å². The Balaban J connectivity index is 0.00000205. The van der Waals surface area contributed by atoms with Crippen LogP contribution in [0.5, 0.6) is 0 Å². The van der Waals surface area contributed by atoms with E-state index in [2.05, 4.69) is 32.4 Å². The molecule has 6 nitrogen and oxygen atoms in total. The summed E-state index contributed by atoms with van der Waals surface area (Å²) in [6.45, 7) is 3.84. The molecule has 4 heterocycles.